The normalized spacial score (nSPS) is 12.4. The highest BCUT2D eigenvalue weighted by Gasteiger charge is 2.19. The second-order valence-corrected chi connectivity index (χ2v) is 18.1. The van der Waals surface area contributed by atoms with Crippen molar-refractivity contribution in [3.63, 3.8) is 0 Å². The van der Waals surface area contributed by atoms with Crippen molar-refractivity contribution in [3.8, 4) is 0 Å². The third kappa shape index (κ3) is 50.2. The van der Waals surface area contributed by atoms with E-state index in [-0.39, 0.29) is 31.1 Å². The van der Waals surface area contributed by atoms with Crippen molar-refractivity contribution in [2.24, 2.45) is 0 Å². The van der Waals surface area contributed by atoms with E-state index in [1.54, 1.807) is 0 Å². The lowest BCUT2D eigenvalue weighted by Gasteiger charge is -2.18. The monoisotopic (exact) mass is 883 g/mol. The van der Waals surface area contributed by atoms with E-state index in [0.29, 0.717) is 19.3 Å². The van der Waals surface area contributed by atoms with Gasteiger partial charge in [0.1, 0.15) is 13.2 Å². The van der Waals surface area contributed by atoms with Gasteiger partial charge in [-0.1, -0.05) is 249 Å². The molecular weight excluding hydrogens is 781 g/mol. The summed E-state index contributed by atoms with van der Waals surface area (Å²) >= 11 is 0. The first-order valence-electron chi connectivity index (χ1n) is 27.1. The Hall–Kier alpha value is -2.63. The molecule has 366 valence electrons. The van der Waals surface area contributed by atoms with Crippen LogP contribution in [0.4, 0.5) is 0 Å². The zero-order valence-corrected chi connectivity index (χ0v) is 41.8. The molecule has 0 saturated heterocycles. The Bertz CT molecular complexity index is 1110. The van der Waals surface area contributed by atoms with Crippen molar-refractivity contribution in [2.75, 3.05) is 13.2 Å². The Morgan fingerprint density at radius 2 is 0.619 bits per heavy atom. The van der Waals surface area contributed by atoms with E-state index in [1.165, 1.54) is 148 Å². The molecular formula is C57H102O6. The fraction of sp³-hybridized carbons (Fsp3) is 0.807. The summed E-state index contributed by atoms with van der Waals surface area (Å²) in [7, 11) is 0. The molecule has 0 heterocycles. The predicted molar refractivity (Wildman–Crippen MR) is 270 cm³/mol. The van der Waals surface area contributed by atoms with Gasteiger partial charge in [0.05, 0.1) is 0 Å². The summed E-state index contributed by atoms with van der Waals surface area (Å²) in [5.41, 5.74) is 0. The van der Waals surface area contributed by atoms with Crippen LogP contribution >= 0.6 is 0 Å². The molecule has 0 aliphatic carbocycles. The second-order valence-electron chi connectivity index (χ2n) is 18.1. The van der Waals surface area contributed by atoms with Crippen LogP contribution in [0.1, 0.15) is 278 Å². The smallest absolute Gasteiger partial charge is 0.306 e. The van der Waals surface area contributed by atoms with Crippen LogP contribution < -0.4 is 0 Å². The highest BCUT2D eigenvalue weighted by molar-refractivity contribution is 5.71. The first kappa shape index (κ1) is 60.4. The van der Waals surface area contributed by atoms with Crippen LogP contribution in [0.25, 0.3) is 0 Å². The van der Waals surface area contributed by atoms with Gasteiger partial charge in [-0.2, -0.15) is 0 Å². The molecule has 1 atom stereocenters. The minimum atomic E-state index is -0.781. The molecule has 0 rings (SSSR count). The van der Waals surface area contributed by atoms with E-state index in [2.05, 4.69) is 69.4 Å². The third-order valence-electron chi connectivity index (χ3n) is 11.8. The Morgan fingerprint density at radius 3 is 0.968 bits per heavy atom. The van der Waals surface area contributed by atoms with E-state index >= 15 is 0 Å². The van der Waals surface area contributed by atoms with Crippen molar-refractivity contribution in [1.29, 1.82) is 0 Å². The first-order chi connectivity index (χ1) is 31.0. The maximum absolute atomic E-state index is 12.8. The Kier molecular flexibility index (Phi) is 49.8. The summed E-state index contributed by atoms with van der Waals surface area (Å²) in [5.74, 6) is -0.899. The Balaban J connectivity index is 4.39. The highest BCUT2D eigenvalue weighted by atomic mass is 16.6. The molecule has 0 radical (unpaired) electrons. The number of rotatable bonds is 49. The van der Waals surface area contributed by atoms with Gasteiger partial charge in [0, 0.05) is 19.3 Å². The number of carbonyl (C=O) groups is 3. The van der Waals surface area contributed by atoms with Gasteiger partial charge in [-0.25, -0.2) is 0 Å². The minimum Gasteiger partial charge on any atom is -0.462 e. The van der Waals surface area contributed by atoms with E-state index in [4.69, 9.17) is 14.2 Å². The van der Waals surface area contributed by atoms with Gasteiger partial charge >= 0.3 is 17.9 Å². The molecule has 6 nitrogen and oxygen atoms in total. The molecule has 0 saturated carbocycles. The summed E-state index contributed by atoms with van der Waals surface area (Å²) < 4.78 is 16.8. The van der Waals surface area contributed by atoms with Crippen LogP contribution in [-0.2, 0) is 28.6 Å². The summed E-state index contributed by atoms with van der Waals surface area (Å²) in [4.78, 5) is 38.0. The lowest BCUT2D eigenvalue weighted by molar-refractivity contribution is -0.167. The molecule has 0 aromatic rings. The lowest BCUT2D eigenvalue weighted by Crippen LogP contribution is -2.30. The molecule has 0 N–H and O–H groups in total. The molecule has 0 aromatic heterocycles. The van der Waals surface area contributed by atoms with Gasteiger partial charge in [0.25, 0.3) is 0 Å². The SMILES string of the molecule is CC/C=C\C/C=C\C/C=C\C/C=C\CCCCCC(=O)OCC(COC(=O)CCCCCCCCCCCCCCC)OC(=O)CCCCCCCCCCCCCCCCCC. The largest absolute Gasteiger partial charge is 0.462 e. The van der Waals surface area contributed by atoms with Crippen molar-refractivity contribution in [2.45, 2.75) is 284 Å². The van der Waals surface area contributed by atoms with Gasteiger partial charge in [0.15, 0.2) is 6.10 Å². The zero-order chi connectivity index (χ0) is 45.8. The quantitative estimate of drug-likeness (QED) is 0.0262. The molecule has 6 heteroatoms. The fourth-order valence-corrected chi connectivity index (χ4v) is 7.79. The third-order valence-corrected chi connectivity index (χ3v) is 11.8. The van der Waals surface area contributed by atoms with Gasteiger partial charge in [-0.05, 0) is 57.8 Å². The van der Waals surface area contributed by atoms with Crippen LogP contribution in [0, 0.1) is 0 Å². The molecule has 0 aliphatic rings. The standard InChI is InChI=1S/C57H102O6/c1-4-7-10-13-16-19-22-25-27-29-32-35-38-41-44-47-50-56(59)62-53-54(52-61-55(58)49-46-43-40-37-34-31-24-21-18-15-12-9-6-3)63-57(60)51-48-45-42-39-36-33-30-28-26-23-20-17-14-11-8-5-2/h7,10,16,19,25,27,32,35,54H,4-6,8-9,11-15,17-18,20-24,26,28-31,33-34,36-53H2,1-3H3/b10-7-,19-16-,27-25-,35-32-. The second kappa shape index (κ2) is 52.0. The van der Waals surface area contributed by atoms with Crippen LogP contribution in [0.3, 0.4) is 0 Å². The number of carbonyl (C=O) groups excluding carboxylic acids is 3. The number of hydrogen-bond donors (Lipinski definition) is 0. The molecule has 63 heavy (non-hydrogen) atoms. The maximum atomic E-state index is 12.8. The first-order valence-corrected chi connectivity index (χ1v) is 27.1. The summed E-state index contributed by atoms with van der Waals surface area (Å²) in [6, 6.07) is 0. The van der Waals surface area contributed by atoms with E-state index in [0.717, 1.165) is 89.9 Å². The lowest BCUT2D eigenvalue weighted by atomic mass is 10.0. The van der Waals surface area contributed by atoms with Crippen LogP contribution in [0.5, 0.6) is 0 Å². The van der Waals surface area contributed by atoms with Gasteiger partial charge in [-0.15, -0.1) is 0 Å². The summed E-state index contributed by atoms with van der Waals surface area (Å²) in [6.45, 7) is 6.53. The van der Waals surface area contributed by atoms with Gasteiger partial charge in [0.2, 0.25) is 0 Å². The van der Waals surface area contributed by atoms with Crippen molar-refractivity contribution in [3.05, 3.63) is 48.6 Å². The average molecular weight is 883 g/mol. The topological polar surface area (TPSA) is 78.9 Å². The average Bonchev–Trinajstić information content (AvgIpc) is 3.28. The molecule has 0 fully saturated rings. The highest BCUT2D eigenvalue weighted by Crippen LogP contribution is 2.16. The van der Waals surface area contributed by atoms with Gasteiger partial charge < -0.3 is 14.2 Å². The Morgan fingerprint density at radius 1 is 0.333 bits per heavy atom. The van der Waals surface area contributed by atoms with Crippen LogP contribution in [-0.4, -0.2) is 37.2 Å². The molecule has 1 unspecified atom stereocenters. The van der Waals surface area contributed by atoms with Crippen molar-refractivity contribution in [1.82, 2.24) is 0 Å². The van der Waals surface area contributed by atoms with Gasteiger partial charge in [-0.3, -0.25) is 14.4 Å². The minimum absolute atomic E-state index is 0.0792. The molecule has 0 amide bonds. The van der Waals surface area contributed by atoms with E-state index < -0.39 is 6.10 Å². The van der Waals surface area contributed by atoms with Crippen molar-refractivity contribution >= 4 is 17.9 Å². The van der Waals surface area contributed by atoms with Crippen LogP contribution in [0.2, 0.25) is 0 Å². The van der Waals surface area contributed by atoms with E-state index in [9.17, 15) is 14.4 Å². The number of allylic oxidation sites excluding steroid dienone is 8. The van der Waals surface area contributed by atoms with E-state index in [1.807, 2.05) is 0 Å². The van der Waals surface area contributed by atoms with Crippen molar-refractivity contribution < 1.29 is 28.6 Å². The summed E-state index contributed by atoms with van der Waals surface area (Å²) in [6.07, 6.45) is 62.4. The number of ether oxygens (including phenoxy) is 3. The Labute approximate surface area is 390 Å². The molecule has 0 aliphatic heterocycles. The van der Waals surface area contributed by atoms with Crippen LogP contribution in [0.15, 0.2) is 48.6 Å². The molecule has 0 spiro atoms. The number of unbranched alkanes of at least 4 members (excludes halogenated alkanes) is 30. The summed E-state index contributed by atoms with van der Waals surface area (Å²) in [5, 5.41) is 0. The predicted octanol–water partition coefficient (Wildman–Crippen LogP) is 17.9. The zero-order valence-electron chi connectivity index (χ0n) is 41.8. The fourth-order valence-electron chi connectivity index (χ4n) is 7.79. The number of esters is 3. The molecule has 0 bridgehead atoms. The molecule has 0 aromatic carbocycles. The number of hydrogen-bond acceptors (Lipinski definition) is 6. The maximum Gasteiger partial charge on any atom is 0.306 e.